The number of ether oxygens (including phenoxy) is 2. The van der Waals surface area contributed by atoms with E-state index in [0.29, 0.717) is 13.2 Å². The molecule has 7 nitrogen and oxygen atoms in total. The smallest absolute Gasteiger partial charge is 0.191 e. The maximum atomic E-state index is 5.65. The highest BCUT2D eigenvalue weighted by molar-refractivity contribution is 5.79. The summed E-state index contributed by atoms with van der Waals surface area (Å²) in [5.41, 5.74) is 3.43. The summed E-state index contributed by atoms with van der Waals surface area (Å²) in [6.07, 6.45) is 3.67. The molecule has 0 atom stereocenters. The second-order valence-corrected chi connectivity index (χ2v) is 6.59. The first kappa shape index (κ1) is 19.7. The number of guanidine groups is 1. The Labute approximate surface area is 151 Å². The minimum absolute atomic E-state index is 0.668. The molecule has 25 heavy (non-hydrogen) atoms. The molecule has 1 fully saturated rings. The Morgan fingerprint density at radius 2 is 2.08 bits per heavy atom. The molecular weight excluding hydrogens is 318 g/mol. The summed E-state index contributed by atoms with van der Waals surface area (Å²) in [5.74, 6) is 1.64. The van der Waals surface area contributed by atoms with Crippen molar-refractivity contribution in [2.45, 2.75) is 46.2 Å². The number of aromatic nitrogens is 2. The summed E-state index contributed by atoms with van der Waals surface area (Å²) in [6.45, 7) is 8.89. The summed E-state index contributed by atoms with van der Waals surface area (Å²) in [7, 11) is 3.50. The monoisotopic (exact) mass is 351 g/mol. The van der Waals surface area contributed by atoms with Crippen LogP contribution in [0.3, 0.4) is 0 Å². The molecule has 0 bridgehead atoms. The number of rotatable bonds is 11. The minimum Gasteiger partial charge on any atom is -0.383 e. The fourth-order valence-electron chi connectivity index (χ4n) is 2.69. The van der Waals surface area contributed by atoms with Crippen molar-refractivity contribution < 1.29 is 9.47 Å². The molecule has 0 saturated heterocycles. The topological polar surface area (TPSA) is 72.7 Å². The van der Waals surface area contributed by atoms with Gasteiger partial charge >= 0.3 is 0 Å². The molecule has 1 saturated carbocycles. The van der Waals surface area contributed by atoms with Gasteiger partial charge in [-0.1, -0.05) is 0 Å². The Balaban J connectivity index is 1.69. The van der Waals surface area contributed by atoms with Gasteiger partial charge in [-0.05, 0) is 39.0 Å². The van der Waals surface area contributed by atoms with E-state index in [1.807, 2.05) is 11.6 Å². The van der Waals surface area contributed by atoms with Crippen LogP contribution in [0.2, 0.25) is 0 Å². The zero-order valence-corrected chi connectivity index (χ0v) is 16.1. The van der Waals surface area contributed by atoms with Crippen molar-refractivity contribution >= 4 is 5.96 Å². The number of nitrogens with zero attached hydrogens (tertiary/aromatic N) is 3. The van der Waals surface area contributed by atoms with E-state index in [1.54, 1.807) is 14.2 Å². The molecular formula is C18H33N5O2. The first-order valence-electron chi connectivity index (χ1n) is 9.19. The van der Waals surface area contributed by atoms with Gasteiger partial charge < -0.3 is 20.1 Å². The number of nitrogens with one attached hydrogen (secondary N) is 2. The van der Waals surface area contributed by atoms with E-state index < -0.39 is 0 Å². The third kappa shape index (κ3) is 6.66. The molecule has 0 unspecified atom stereocenters. The molecule has 1 heterocycles. The predicted octanol–water partition coefficient (Wildman–Crippen LogP) is 1.63. The second kappa shape index (κ2) is 10.4. The second-order valence-electron chi connectivity index (χ2n) is 6.59. The molecule has 0 radical (unpaired) electrons. The van der Waals surface area contributed by atoms with Crippen molar-refractivity contribution in [1.82, 2.24) is 20.4 Å². The van der Waals surface area contributed by atoms with E-state index in [0.717, 1.165) is 50.3 Å². The maximum absolute atomic E-state index is 5.65. The van der Waals surface area contributed by atoms with Crippen molar-refractivity contribution in [3.05, 3.63) is 17.0 Å². The van der Waals surface area contributed by atoms with E-state index >= 15 is 0 Å². The fraction of sp³-hybridized carbons (Fsp3) is 0.778. The molecule has 7 heteroatoms. The van der Waals surface area contributed by atoms with E-state index in [1.165, 1.54) is 24.1 Å². The van der Waals surface area contributed by atoms with Crippen LogP contribution in [0.15, 0.2) is 4.99 Å². The van der Waals surface area contributed by atoms with Crippen molar-refractivity contribution in [1.29, 1.82) is 0 Å². The summed E-state index contributed by atoms with van der Waals surface area (Å²) in [6, 6.07) is 0. The highest BCUT2D eigenvalue weighted by atomic mass is 16.5. The molecule has 0 aromatic carbocycles. The van der Waals surface area contributed by atoms with Crippen LogP contribution in [0.5, 0.6) is 0 Å². The molecule has 2 rings (SSSR count). The van der Waals surface area contributed by atoms with Gasteiger partial charge in [0, 0.05) is 51.7 Å². The quantitative estimate of drug-likeness (QED) is 0.360. The van der Waals surface area contributed by atoms with E-state index in [4.69, 9.17) is 9.47 Å². The number of methoxy groups -OCH3 is 1. The number of aryl methyl sites for hydroxylation is 1. The molecule has 0 amide bonds. The first-order chi connectivity index (χ1) is 12.2. The van der Waals surface area contributed by atoms with Crippen LogP contribution in [0.25, 0.3) is 0 Å². The van der Waals surface area contributed by atoms with Gasteiger partial charge in [-0.25, -0.2) is 0 Å². The lowest BCUT2D eigenvalue weighted by molar-refractivity contribution is 0.123. The largest absolute Gasteiger partial charge is 0.383 e. The summed E-state index contributed by atoms with van der Waals surface area (Å²) in [4.78, 5) is 4.28. The molecule has 0 spiro atoms. The van der Waals surface area contributed by atoms with Crippen molar-refractivity contribution in [2.24, 2.45) is 10.9 Å². The van der Waals surface area contributed by atoms with Crippen LogP contribution in [0.4, 0.5) is 0 Å². The third-order valence-electron chi connectivity index (χ3n) is 4.50. The lowest BCUT2D eigenvalue weighted by Gasteiger charge is -2.12. The number of aliphatic imine (C=N–C) groups is 1. The molecule has 1 aromatic heterocycles. The average molecular weight is 351 g/mol. The van der Waals surface area contributed by atoms with Gasteiger partial charge in [0.2, 0.25) is 0 Å². The van der Waals surface area contributed by atoms with Crippen LogP contribution in [0, 0.1) is 19.8 Å². The third-order valence-corrected chi connectivity index (χ3v) is 4.50. The Bertz CT molecular complexity index is 552. The lowest BCUT2D eigenvalue weighted by atomic mass is 10.2. The molecule has 142 valence electrons. The summed E-state index contributed by atoms with van der Waals surface area (Å²) < 4.78 is 12.8. The maximum Gasteiger partial charge on any atom is 0.191 e. The lowest BCUT2D eigenvalue weighted by Crippen LogP contribution is -2.37. The fourth-order valence-corrected chi connectivity index (χ4v) is 2.69. The Kier molecular flexibility index (Phi) is 8.21. The molecule has 0 aliphatic heterocycles. The zero-order valence-electron chi connectivity index (χ0n) is 16.1. The van der Waals surface area contributed by atoms with Crippen molar-refractivity contribution in [3.63, 3.8) is 0 Å². The van der Waals surface area contributed by atoms with Crippen LogP contribution in [-0.4, -0.2) is 56.3 Å². The van der Waals surface area contributed by atoms with Crippen molar-refractivity contribution in [2.75, 3.05) is 40.5 Å². The Morgan fingerprint density at radius 3 is 2.76 bits per heavy atom. The number of hydrogen-bond acceptors (Lipinski definition) is 4. The molecule has 1 aliphatic carbocycles. The molecule has 2 N–H and O–H groups in total. The molecule has 1 aromatic rings. The molecule has 1 aliphatic rings. The van der Waals surface area contributed by atoms with Gasteiger partial charge in [-0.3, -0.25) is 9.67 Å². The van der Waals surface area contributed by atoms with Crippen LogP contribution >= 0.6 is 0 Å². The average Bonchev–Trinajstić information content (AvgIpc) is 3.39. The van der Waals surface area contributed by atoms with Gasteiger partial charge in [0.25, 0.3) is 0 Å². The van der Waals surface area contributed by atoms with Crippen molar-refractivity contribution in [3.8, 4) is 0 Å². The normalized spacial score (nSPS) is 14.8. The Morgan fingerprint density at radius 1 is 1.28 bits per heavy atom. The van der Waals surface area contributed by atoms with E-state index in [9.17, 15) is 0 Å². The number of hydrogen-bond donors (Lipinski definition) is 2. The minimum atomic E-state index is 0.668. The van der Waals surface area contributed by atoms with Gasteiger partial charge in [0.15, 0.2) is 5.96 Å². The summed E-state index contributed by atoms with van der Waals surface area (Å²) >= 11 is 0. The van der Waals surface area contributed by atoms with E-state index in [2.05, 4.69) is 27.6 Å². The standard InChI is InChI=1S/C18H33N5O2/c1-14-17(15(2)23(22-14)9-11-24-4)12-21-18(19-3)20-8-5-10-25-13-16-6-7-16/h16H,5-13H2,1-4H3,(H2,19,20,21). The SMILES string of the molecule is CN=C(NCCCOCC1CC1)NCc1c(C)nn(CCOC)c1C. The Hall–Kier alpha value is -1.60. The van der Waals surface area contributed by atoms with Crippen LogP contribution in [-0.2, 0) is 22.6 Å². The summed E-state index contributed by atoms with van der Waals surface area (Å²) in [5, 5.41) is 11.3. The predicted molar refractivity (Wildman–Crippen MR) is 99.9 cm³/mol. The highest BCUT2D eigenvalue weighted by Crippen LogP contribution is 2.28. The van der Waals surface area contributed by atoms with Gasteiger partial charge in [0.1, 0.15) is 0 Å². The van der Waals surface area contributed by atoms with E-state index in [-0.39, 0.29) is 0 Å². The van der Waals surface area contributed by atoms with Crippen LogP contribution < -0.4 is 10.6 Å². The van der Waals surface area contributed by atoms with Gasteiger partial charge in [0.05, 0.1) is 18.8 Å². The highest BCUT2D eigenvalue weighted by Gasteiger charge is 2.20. The van der Waals surface area contributed by atoms with Crippen LogP contribution in [0.1, 0.15) is 36.2 Å². The van der Waals surface area contributed by atoms with Gasteiger partial charge in [-0.2, -0.15) is 5.10 Å². The first-order valence-corrected chi connectivity index (χ1v) is 9.19. The zero-order chi connectivity index (χ0) is 18.1. The van der Waals surface area contributed by atoms with Gasteiger partial charge in [-0.15, -0.1) is 0 Å².